The van der Waals surface area contributed by atoms with E-state index in [1.165, 1.54) is 24.1 Å². The number of rotatable bonds is 3. The fraction of sp³-hybridized carbons (Fsp3) is 0.333. The predicted molar refractivity (Wildman–Crippen MR) is 71.4 cm³/mol. The largest absolute Gasteiger partial charge is 0.476 e. The van der Waals surface area contributed by atoms with Gasteiger partial charge in [0.25, 0.3) is 0 Å². The molecule has 106 valence electrons. The van der Waals surface area contributed by atoms with Crippen molar-refractivity contribution >= 4 is 39.6 Å². The van der Waals surface area contributed by atoms with Gasteiger partial charge in [-0.15, -0.1) is 0 Å². The number of esters is 1. The van der Waals surface area contributed by atoms with Crippen LogP contribution in [-0.2, 0) is 14.3 Å². The maximum atomic E-state index is 11.9. The minimum Gasteiger partial charge on any atom is -0.476 e. The van der Waals surface area contributed by atoms with Gasteiger partial charge >= 0.3 is 11.9 Å². The summed E-state index contributed by atoms with van der Waals surface area (Å²) >= 11 is 3.08. The SMILES string of the molecule is COC(=O)C1CC(=O)N(c2ccc(Br)c(C(=O)O)n2)C1. The highest BCUT2D eigenvalue weighted by Crippen LogP contribution is 2.26. The number of nitrogens with zero attached hydrogens (tertiary/aromatic N) is 2. The van der Waals surface area contributed by atoms with Gasteiger partial charge in [-0.05, 0) is 28.1 Å². The normalized spacial score (nSPS) is 18.2. The second kappa shape index (κ2) is 5.58. The lowest BCUT2D eigenvalue weighted by molar-refractivity contribution is -0.145. The Labute approximate surface area is 122 Å². The van der Waals surface area contributed by atoms with E-state index in [1.807, 2.05) is 0 Å². The highest BCUT2D eigenvalue weighted by atomic mass is 79.9. The summed E-state index contributed by atoms with van der Waals surface area (Å²) in [6.07, 6.45) is 0.0345. The van der Waals surface area contributed by atoms with Gasteiger partial charge in [0.1, 0.15) is 5.82 Å². The number of aromatic carboxylic acids is 1. The van der Waals surface area contributed by atoms with Gasteiger partial charge in [-0.2, -0.15) is 0 Å². The van der Waals surface area contributed by atoms with Crippen LogP contribution in [0, 0.1) is 5.92 Å². The molecule has 1 amide bonds. The number of anilines is 1. The number of halogens is 1. The highest BCUT2D eigenvalue weighted by molar-refractivity contribution is 9.10. The average molecular weight is 343 g/mol. The number of methoxy groups -OCH3 is 1. The second-order valence-corrected chi connectivity index (χ2v) is 5.09. The lowest BCUT2D eigenvalue weighted by atomic mass is 10.1. The summed E-state index contributed by atoms with van der Waals surface area (Å²) in [4.78, 5) is 39.6. The molecule has 0 radical (unpaired) electrons. The molecule has 0 spiro atoms. The van der Waals surface area contributed by atoms with Gasteiger partial charge in [0.2, 0.25) is 5.91 Å². The minimum absolute atomic E-state index is 0.0345. The van der Waals surface area contributed by atoms with Crippen LogP contribution in [0.25, 0.3) is 0 Å². The van der Waals surface area contributed by atoms with E-state index in [4.69, 9.17) is 5.11 Å². The van der Waals surface area contributed by atoms with Crippen molar-refractivity contribution in [1.29, 1.82) is 0 Å². The molecule has 1 aliphatic rings. The van der Waals surface area contributed by atoms with Gasteiger partial charge in [-0.3, -0.25) is 14.5 Å². The molecule has 20 heavy (non-hydrogen) atoms. The molecule has 0 aromatic carbocycles. The van der Waals surface area contributed by atoms with E-state index < -0.39 is 17.9 Å². The van der Waals surface area contributed by atoms with Crippen molar-refractivity contribution < 1.29 is 24.2 Å². The van der Waals surface area contributed by atoms with Crippen LogP contribution in [0.4, 0.5) is 5.82 Å². The lowest BCUT2D eigenvalue weighted by Crippen LogP contribution is -2.27. The number of pyridine rings is 1. The highest BCUT2D eigenvalue weighted by Gasteiger charge is 2.36. The van der Waals surface area contributed by atoms with E-state index in [9.17, 15) is 14.4 Å². The van der Waals surface area contributed by atoms with Crippen molar-refractivity contribution in [3.8, 4) is 0 Å². The molecule has 0 saturated carbocycles. The first-order chi connectivity index (χ1) is 9.43. The van der Waals surface area contributed by atoms with E-state index in [0.29, 0.717) is 4.47 Å². The number of aromatic nitrogens is 1. The van der Waals surface area contributed by atoms with E-state index in [-0.39, 0.29) is 30.4 Å². The third-order valence-electron chi connectivity index (χ3n) is 2.97. The van der Waals surface area contributed by atoms with Crippen LogP contribution in [0.5, 0.6) is 0 Å². The zero-order valence-electron chi connectivity index (χ0n) is 10.5. The number of hydrogen-bond acceptors (Lipinski definition) is 5. The van der Waals surface area contributed by atoms with E-state index in [2.05, 4.69) is 25.7 Å². The Morgan fingerprint density at radius 3 is 2.80 bits per heavy atom. The first-order valence-electron chi connectivity index (χ1n) is 5.72. The molecule has 1 aliphatic heterocycles. The Bertz CT molecular complexity index is 589. The standard InChI is InChI=1S/C12H11BrN2O5/c1-20-12(19)6-4-9(16)15(5-6)8-3-2-7(13)10(14-8)11(17)18/h2-3,6H,4-5H2,1H3,(H,17,18). The average Bonchev–Trinajstić information content (AvgIpc) is 2.80. The molecule has 2 heterocycles. The molecule has 1 unspecified atom stereocenters. The van der Waals surface area contributed by atoms with Crippen molar-refractivity contribution in [3.05, 3.63) is 22.3 Å². The van der Waals surface area contributed by atoms with Gasteiger partial charge in [-0.25, -0.2) is 9.78 Å². The smallest absolute Gasteiger partial charge is 0.355 e. The van der Waals surface area contributed by atoms with Gasteiger partial charge in [-0.1, -0.05) is 0 Å². The molecule has 8 heteroatoms. The number of amides is 1. The maximum Gasteiger partial charge on any atom is 0.355 e. The van der Waals surface area contributed by atoms with Gasteiger partial charge in [0.15, 0.2) is 5.69 Å². The molecule has 0 aliphatic carbocycles. The van der Waals surface area contributed by atoms with Gasteiger partial charge < -0.3 is 9.84 Å². The Morgan fingerprint density at radius 2 is 2.20 bits per heavy atom. The quantitative estimate of drug-likeness (QED) is 0.825. The summed E-state index contributed by atoms with van der Waals surface area (Å²) in [6, 6.07) is 3.03. The molecule has 7 nitrogen and oxygen atoms in total. The molecule has 1 aromatic heterocycles. The van der Waals surface area contributed by atoms with E-state index in [1.54, 1.807) is 0 Å². The fourth-order valence-electron chi connectivity index (χ4n) is 1.99. The molecule has 2 rings (SSSR count). The number of carboxylic acid groups (broad SMARTS) is 1. The minimum atomic E-state index is -1.20. The second-order valence-electron chi connectivity index (χ2n) is 4.23. The molecular weight excluding hydrogens is 332 g/mol. The van der Waals surface area contributed by atoms with Gasteiger partial charge in [0, 0.05) is 13.0 Å². The summed E-state index contributed by atoms with van der Waals surface area (Å²) in [5.41, 5.74) is -0.184. The summed E-state index contributed by atoms with van der Waals surface area (Å²) in [6.45, 7) is 0.138. The maximum absolute atomic E-state index is 11.9. The molecule has 1 fully saturated rings. The number of carboxylic acids is 1. The third-order valence-corrected chi connectivity index (χ3v) is 3.61. The first kappa shape index (κ1) is 14.4. The summed E-state index contributed by atoms with van der Waals surface area (Å²) < 4.78 is 4.93. The van der Waals surface area contributed by atoms with E-state index in [0.717, 1.165) is 0 Å². The molecule has 1 aromatic rings. The van der Waals surface area contributed by atoms with Crippen LogP contribution in [0.1, 0.15) is 16.9 Å². The van der Waals surface area contributed by atoms with E-state index >= 15 is 0 Å². The third kappa shape index (κ3) is 2.64. The summed E-state index contributed by atoms with van der Waals surface area (Å²) in [5.74, 6) is -2.29. The molecular formula is C12H11BrN2O5. The number of carbonyl (C=O) groups is 3. The van der Waals surface area contributed by atoms with Crippen LogP contribution >= 0.6 is 15.9 Å². The Morgan fingerprint density at radius 1 is 1.50 bits per heavy atom. The Hall–Kier alpha value is -1.96. The van der Waals surface area contributed by atoms with Crippen LogP contribution in [0.2, 0.25) is 0 Å². The monoisotopic (exact) mass is 342 g/mol. The molecule has 1 atom stereocenters. The Kier molecular flexibility index (Phi) is 4.03. The first-order valence-corrected chi connectivity index (χ1v) is 6.51. The lowest BCUT2D eigenvalue weighted by Gasteiger charge is -2.15. The van der Waals surface area contributed by atoms with Gasteiger partial charge in [0.05, 0.1) is 17.5 Å². The predicted octanol–water partition coefficient (Wildman–Crippen LogP) is 1.07. The molecule has 1 N–H and O–H groups in total. The number of carbonyl (C=O) groups excluding carboxylic acids is 2. The fourth-order valence-corrected chi connectivity index (χ4v) is 2.38. The number of ether oxygens (including phenoxy) is 1. The summed E-state index contributed by atoms with van der Waals surface area (Å²) in [5, 5.41) is 9.01. The zero-order valence-corrected chi connectivity index (χ0v) is 12.1. The molecule has 1 saturated heterocycles. The molecule has 0 bridgehead atoms. The van der Waals surface area contributed by atoms with Crippen molar-refractivity contribution in [3.63, 3.8) is 0 Å². The topological polar surface area (TPSA) is 96.8 Å². The van der Waals surface area contributed by atoms with Crippen LogP contribution < -0.4 is 4.90 Å². The number of hydrogen-bond donors (Lipinski definition) is 1. The van der Waals surface area contributed by atoms with Crippen molar-refractivity contribution in [2.24, 2.45) is 5.92 Å². The van der Waals surface area contributed by atoms with Crippen molar-refractivity contribution in [1.82, 2.24) is 4.98 Å². The summed E-state index contributed by atoms with van der Waals surface area (Å²) in [7, 11) is 1.26. The Balaban J connectivity index is 2.28. The van der Waals surface area contributed by atoms with Crippen LogP contribution in [0.15, 0.2) is 16.6 Å². The zero-order chi connectivity index (χ0) is 14.9. The van der Waals surface area contributed by atoms with Crippen molar-refractivity contribution in [2.75, 3.05) is 18.6 Å². The van der Waals surface area contributed by atoms with Crippen LogP contribution in [0.3, 0.4) is 0 Å². The van der Waals surface area contributed by atoms with Crippen LogP contribution in [-0.4, -0.2) is 41.6 Å². The van der Waals surface area contributed by atoms with Crippen molar-refractivity contribution in [2.45, 2.75) is 6.42 Å².